The van der Waals surface area contributed by atoms with E-state index in [1.54, 1.807) is 26.4 Å². The van der Waals surface area contributed by atoms with E-state index in [4.69, 9.17) is 14.2 Å². The van der Waals surface area contributed by atoms with Gasteiger partial charge in [-0.25, -0.2) is 9.37 Å². The molecule has 30 heavy (non-hydrogen) atoms. The van der Waals surface area contributed by atoms with Crippen LogP contribution >= 0.6 is 11.3 Å². The summed E-state index contributed by atoms with van der Waals surface area (Å²) in [4.78, 5) is 18.9. The van der Waals surface area contributed by atoms with Gasteiger partial charge in [0, 0.05) is 19.0 Å². The lowest BCUT2D eigenvalue weighted by molar-refractivity contribution is 0.0673. The maximum absolute atomic E-state index is 14.1. The number of nitrogens with zero attached hydrogens (tertiary/aromatic N) is 2. The van der Waals surface area contributed by atoms with Crippen molar-refractivity contribution in [3.05, 3.63) is 76.0 Å². The molecule has 0 spiro atoms. The Morgan fingerprint density at radius 3 is 2.53 bits per heavy atom. The van der Waals surface area contributed by atoms with E-state index in [0.717, 1.165) is 10.8 Å². The molecular weight excluding hydrogens is 407 g/mol. The normalized spacial score (nSPS) is 10.6. The van der Waals surface area contributed by atoms with Crippen LogP contribution in [0.25, 0.3) is 0 Å². The first-order chi connectivity index (χ1) is 14.6. The summed E-state index contributed by atoms with van der Waals surface area (Å²) >= 11 is 1.45. The first kappa shape index (κ1) is 21.7. The van der Waals surface area contributed by atoms with Crippen LogP contribution in [-0.4, -0.2) is 43.2 Å². The van der Waals surface area contributed by atoms with E-state index in [0.29, 0.717) is 31.2 Å². The standard InChI is InChI=1S/C22H23FN2O4S/c1-27-12-11-25(22(26)19-5-3-4-6-20(19)23)13-16-15-30-21(24-16)14-29-18-9-7-17(28-2)8-10-18/h3-10,15H,11-14H2,1-2H3. The van der Waals surface area contributed by atoms with Crippen molar-refractivity contribution in [3.8, 4) is 11.5 Å². The average molecular weight is 431 g/mol. The summed E-state index contributed by atoms with van der Waals surface area (Å²) in [6, 6.07) is 13.3. The molecule has 2 aromatic carbocycles. The van der Waals surface area contributed by atoms with Crippen LogP contribution in [0, 0.1) is 5.82 Å². The summed E-state index contributed by atoms with van der Waals surface area (Å²) in [7, 11) is 3.17. The van der Waals surface area contributed by atoms with Gasteiger partial charge < -0.3 is 19.1 Å². The van der Waals surface area contributed by atoms with E-state index in [9.17, 15) is 9.18 Å². The van der Waals surface area contributed by atoms with E-state index in [2.05, 4.69) is 4.98 Å². The summed E-state index contributed by atoms with van der Waals surface area (Å²) in [5.74, 6) is 0.532. The SMILES string of the molecule is COCCN(Cc1csc(COc2ccc(OC)cc2)n1)C(=O)c1ccccc1F. The predicted octanol–water partition coefficient (Wildman–Crippen LogP) is 4.16. The number of ether oxygens (including phenoxy) is 3. The van der Waals surface area contributed by atoms with Crippen LogP contribution in [0.15, 0.2) is 53.9 Å². The zero-order chi connectivity index (χ0) is 21.3. The Hall–Kier alpha value is -2.97. The number of carbonyl (C=O) groups excluding carboxylic acids is 1. The second kappa shape index (κ2) is 10.7. The fourth-order valence-corrected chi connectivity index (χ4v) is 3.46. The minimum Gasteiger partial charge on any atom is -0.497 e. The molecule has 0 aliphatic heterocycles. The number of methoxy groups -OCH3 is 2. The average Bonchev–Trinajstić information content (AvgIpc) is 3.23. The molecule has 3 rings (SSSR count). The smallest absolute Gasteiger partial charge is 0.257 e. The zero-order valence-electron chi connectivity index (χ0n) is 16.8. The number of thiazole rings is 1. The number of amides is 1. The number of carbonyl (C=O) groups is 1. The highest BCUT2D eigenvalue weighted by molar-refractivity contribution is 7.09. The minimum atomic E-state index is -0.545. The monoisotopic (exact) mass is 430 g/mol. The summed E-state index contributed by atoms with van der Waals surface area (Å²) in [5, 5.41) is 2.66. The third kappa shape index (κ3) is 5.77. The van der Waals surface area contributed by atoms with Gasteiger partial charge in [-0.15, -0.1) is 11.3 Å². The van der Waals surface area contributed by atoms with Crippen LogP contribution in [0.5, 0.6) is 11.5 Å². The Labute approximate surface area is 178 Å². The highest BCUT2D eigenvalue weighted by Crippen LogP contribution is 2.20. The molecule has 1 aromatic heterocycles. The van der Waals surface area contributed by atoms with Crippen molar-refractivity contribution in [2.75, 3.05) is 27.4 Å². The van der Waals surface area contributed by atoms with Gasteiger partial charge in [-0.05, 0) is 36.4 Å². The van der Waals surface area contributed by atoms with E-state index >= 15 is 0 Å². The molecule has 3 aromatic rings. The van der Waals surface area contributed by atoms with Crippen LogP contribution in [-0.2, 0) is 17.9 Å². The third-order valence-corrected chi connectivity index (χ3v) is 5.20. The van der Waals surface area contributed by atoms with Crippen molar-refractivity contribution in [1.82, 2.24) is 9.88 Å². The molecule has 0 aliphatic carbocycles. The fraction of sp³-hybridized carbons (Fsp3) is 0.273. The molecule has 0 bridgehead atoms. The molecule has 0 radical (unpaired) electrons. The maximum Gasteiger partial charge on any atom is 0.257 e. The van der Waals surface area contributed by atoms with Gasteiger partial charge in [-0.3, -0.25) is 4.79 Å². The maximum atomic E-state index is 14.1. The first-order valence-electron chi connectivity index (χ1n) is 9.33. The molecule has 0 saturated heterocycles. The second-order valence-electron chi connectivity index (χ2n) is 6.40. The van der Waals surface area contributed by atoms with E-state index < -0.39 is 11.7 Å². The molecule has 1 amide bonds. The summed E-state index contributed by atoms with van der Waals surface area (Å²) in [6.07, 6.45) is 0. The van der Waals surface area contributed by atoms with Crippen LogP contribution in [0.3, 0.4) is 0 Å². The number of rotatable bonds is 10. The van der Waals surface area contributed by atoms with Gasteiger partial charge in [-0.1, -0.05) is 12.1 Å². The van der Waals surface area contributed by atoms with Crippen molar-refractivity contribution in [2.24, 2.45) is 0 Å². The van der Waals surface area contributed by atoms with Crippen LogP contribution in [0.1, 0.15) is 21.1 Å². The summed E-state index contributed by atoms with van der Waals surface area (Å²) in [6.45, 7) is 1.25. The van der Waals surface area contributed by atoms with Gasteiger partial charge in [0.2, 0.25) is 0 Å². The Kier molecular flexibility index (Phi) is 7.75. The Bertz CT molecular complexity index is 962. The molecule has 0 unspecified atom stereocenters. The molecule has 0 fully saturated rings. The van der Waals surface area contributed by atoms with Crippen LogP contribution in [0.4, 0.5) is 4.39 Å². The van der Waals surface area contributed by atoms with E-state index in [1.807, 2.05) is 29.6 Å². The third-order valence-electron chi connectivity index (χ3n) is 4.33. The van der Waals surface area contributed by atoms with Crippen molar-refractivity contribution < 1.29 is 23.4 Å². The van der Waals surface area contributed by atoms with Crippen molar-refractivity contribution >= 4 is 17.2 Å². The number of hydrogen-bond donors (Lipinski definition) is 0. The molecular formula is C22H23FN2O4S. The fourth-order valence-electron chi connectivity index (χ4n) is 2.76. The number of benzene rings is 2. The van der Waals surface area contributed by atoms with Gasteiger partial charge in [-0.2, -0.15) is 0 Å². The Morgan fingerprint density at radius 1 is 1.10 bits per heavy atom. The Balaban J connectivity index is 1.64. The quantitative estimate of drug-likeness (QED) is 0.483. The Morgan fingerprint density at radius 2 is 1.83 bits per heavy atom. The zero-order valence-corrected chi connectivity index (χ0v) is 17.7. The lowest BCUT2D eigenvalue weighted by Crippen LogP contribution is -2.34. The molecule has 1 heterocycles. The van der Waals surface area contributed by atoms with Gasteiger partial charge in [0.1, 0.15) is 28.9 Å². The molecule has 0 aliphatic rings. The highest BCUT2D eigenvalue weighted by Gasteiger charge is 2.20. The number of aromatic nitrogens is 1. The highest BCUT2D eigenvalue weighted by atomic mass is 32.1. The molecule has 0 N–H and O–H groups in total. The molecule has 6 nitrogen and oxygen atoms in total. The molecule has 0 atom stereocenters. The number of halogens is 1. The van der Waals surface area contributed by atoms with Crippen LogP contribution in [0.2, 0.25) is 0 Å². The predicted molar refractivity (Wildman–Crippen MR) is 112 cm³/mol. The summed E-state index contributed by atoms with van der Waals surface area (Å²) in [5.41, 5.74) is 0.751. The van der Waals surface area contributed by atoms with E-state index in [-0.39, 0.29) is 12.1 Å². The van der Waals surface area contributed by atoms with Gasteiger partial charge in [0.15, 0.2) is 0 Å². The molecule has 158 valence electrons. The topological polar surface area (TPSA) is 60.9 Å². The lowest BCUT2D eigenvalue weighted by atomic mass is 10.2. The largest absolute Gasteiger partial charge is 0.497 e. The number of hydrogen-bond acceptors (Lipinski definition) is 6. The van der Waals surface area contributed by atoms with Gasteiger partial charge in [0.05, 0.1) is 31.5 Å². The van der Waals surface area contributed by atoms with Crippen molar-refractivity contribution in [3.63, 3.8) is 0 Å². The minimum absolute atomic E-state index is 0.0342. The van der Waals surface area contributed by atoms with Gasteiger partial charge >= 0.3 is 0 Å². The van der Waals surface area contributed by atoms with Gasteiger partial charge in [0.25, 0.3) is 5.91 Å². The lowest BCUT2D eigenvalue weighted by Gasteiger charge is -2.21. The first-order valence-corrected chi connectivity index (χ1v) is 10.2. The van der Waals surface area contributed by atoms with E-state index in [1.165, 1.54) is 28.4 Å². The second-order valence-corrected chi connectivity index (χ2v) is 7.34. The van der Waals surface area contributed by atoms with Crippen LogP contribution < -0.4 is 9.47 Å². The molecule has 8 heteroatoms. The van der Waals surface area contributed by atoms with Crippen molar-refractivity contribution in [1.29, 1.82) is 0 Å². The van der Waals surface area contributed by atoms with Crippen molar-refractivity contribution in [2.45, 2.75) is 13.2 Å². The summed E-state index contributed by atoms with van der Waals surface area (Å²) < 4.78 is 30.0. The molecule has 0 saturated carbocycles.